The molecule has 0 amide bonds. The second kappa shape index (κ2) is 27.9. The number of esters is 2. The Morgan fingerprint density at radius 1 is 0.620 bits per heavy atom. The van der Waals surface area contributed by atoms with Gasteiger partial charge in [-0.1, -0.05) is 115 Å². The molecule has 8 atom stereocenters. The van der Waals surface area contributed by atoms with Crippen molar-refractivity contribution in [1.82, 2.24) is 0 Å². The number of phosphoric ester groups is 1. The van der Waals surface area contributed by atoms with Crippen molar-refractivity contribution in [3.8, 4) is 0 Å². The highest BCUT2D eigenvalue weighted by atomic mass is 31.2. The lowest BCUT2D eigenvalue weighted by Crippen LogP contribution is -2.64. The van der Waals surface area contributed by atoms with Crippen LogP contribution >= 0.6 is 7.82 Å². The number of allylic oxidation sites excluding steroid dienone is 4. The van der Waals surface area contributed by atoms with Crippen molar-refractivity contribution in [2.75, 3.05) is 13.2 Å². The molecule has 0 aromatic rings. The Balaban J connectivity index is 2.61. The molecule has 1 aliphatic carbocycles. The van der Waals surface area contributed by atoms with Gasteiger partial charge < -0.3 is 39.9 Å². The monoisotopic (exact) mass is 736 g/mol. The molecule has 7 unspecified atom stereocenters. The lowest BCUT2D eigenvalue weighted by Gasteiger charge is -2.41. The maximum Gasteiger partial charge on any atom is 0.472 e. The third-order valence-electron chi connectivity index (χ3n) is 8.56. The average Bonchev–Trinajstić information content (AvgIpc) is 3.09. The molecular weight excluding hydrogens is 671 g/mol. The minimum absolute atomic E-state index is 0.00742. The van der Waals surface area contributed by atoms with E-state index in [0.29, 0.717) is 12.8 Å². The highest BCUT2D eigenvalue weighted by Gasteiger charge is 2.51. The Morgan fingerprint density at radius 2 is 1.12 bits per heavy atom. The molecule has 0 heterocycles. The molecule has 0 saturated heterocycles. The standard InChI is InChI=1S/C36H65O13P/c1-3-5-7-9-11-13-14-15-16-17-19-21-23-25-30(38)48-28(26-46-29(37)24-22-20-18-12-10-8-6-4-2)27-47-50(44,45)49-36-34(42)32(40)31(39)33(41)35(36)43/h15-16,19,21,28,31-36,39-43H,3-14,17-18,20,22-27H2,1-2H3,(H,44,45)/b16-15+,21-19+/t28?,31?,32-,33?,34?,35?,36?/m1/s1. The van der Waals surface area contributed by atoms with Gasteiger partial charge >= 0.3 is 19.8 Å². The fourth-order valence-corrected chi connectivity index (χ4v) is 6.43. The van der Waals surface area contributed by atoms with Crippen LogP contribution in [0.2, 0.25) is 0 Å². The van der Waals surface area contributed by atoms with Crippen molar-refractivity contribution in [2.45, 2.75) is 179 Å². The first kappa shape index (κ1) is 46.4. The summed E-state index contributed by atoms with van der Waals surface area (Å²) in [6.07, 6.45) is 13.0. The van der Waals surface area contributed by atoms with E-state index in [0.717, 1.165) is 38.5 Å². The highest BCUT2D eigenvalue weighted by molar-refractivity contribution is 7.47. The molecular formula is C36H65O13P. The molecule has 292 valence electrons. The van der Waals surface area contributed by atoms with Crippen molar-refractivity contribution in [3.63, 3.8) is 0 Å². The summed E-state index contributed by atoms with van der Waals surface area (Å²) in [5.74, 6) is -1.18. The number of hydrogen-bond acceptors (Lipinski definition) is 12. The predicted molar refractivity (Wildman–Crippen MR) is 189 cm³/mol. The summed E-state index contributed by atoms with van der Waals surface area (Å²) >= 11 is 0. The number of phosphoric acid groups is 1. The van der Waals surface area contributed by atoms with Crippen LogP contribution in [0.5, 0.6) is 0 Å². The molecule has 0 aliphatic heterocycles. The zero-order chi connectivity index (χ0) is 37.2. The second-order valence-electron chi connectivity index (χ2n) is 13.1. The van der Waals surface area contributed by atoms with Crippen LogP contribution in [-0.2, 0) is 32.7 Å². The summed E-state index contributed by atoms with van der Waals surface area (Å²) in [7, 11) is -5.11. The van der Waals surface area contributed by atoms with Gasteiger partial charge in [0.15, 0.2) is 6.10 Å². The van der Waals surface area contributed by atoms with Gasteiger partial charge in [-0.2, -0.15) is 0 Å². The Labute approximate surface area is 298 Å². The lowest BCUT2D eigenvalue weighted by atomic mass is 9.85. The predicted octanol–water partition coefficient (Wildman–Crippen LogP) is 5.33. The number of rotatable bonds is 29. The fourth-order valence-electron chi connectivity index (χ4n) is 5.46. The van der Waals surface area contributed by atoms with Crippen molar-refractivity contribution in [1.29, 1.82) is 0 Å². The van der Waals surface area contributed by atoms with E-state index in [1.54, 1.807) is 0 Å². The summed E-state index contributed by atoms with van der Waals surface area (Å²) in [5.41, 5.74) is 0. The molecule has 0 radical (unpaired) electrons. The Morgan fingerprint density at radius 3 is 1.70 bits per heavy atom. The third kappa shape index (κ3) is 21.0. The molecule has 1 fully saturated rings. The summed E-state index contributed by atoms with van der Waals surface area (Å²) in [6, 6.07) is 0. The smallest absolute Gasteiger partial charge is 0.462 e. The van der Waals surface area contributed by atoms with Gasteiger partial charge in [0.05, 0.1) is 6.61 Å². The van der Waals surface area contributed by atoms with Crippen molar-refractivity contribution < 1.29 is 63.1 Å². The third-order valence-corrected chi connectivity index (χ3v) is 9.54. The van der Waals surface area contributed by atoms with E-state index in [2.05, 4.69) is 26.0 Å². The van der Waals surface area contributed by atoms with Gasteiger partial charge in [-0.15, -0.1) is 0 Å². The number of carbonyl (C=O) groups excluding carboxylic acids is 2. The number of hydrogen-bond donors (Lipinski definition) is 6. The SMILES string of the molecule is CCCCCCCC/C=C/C/C=C/CCC(=O)OC(COC(=O)CCCCCCCCCC)COP(=O)(O)OC1C(O)C(O)C(O)[C@@H](O)C1O. The van der Waals surface area contributed by atoms with E-state index in [1.165, 1.54) is 57.8 Å². The van der Waals surface area contributed by atoms with Gasteiger partial charge in [0, 0.05) is 12.8 Å². The van der Waals surface area contributed by atoms with Crippen molar-refractivity contribution in [2.24, 2.45) is 0 Å². The van der Waals surface area contributed by atoms with Crippen LogP contribution in [0.4, 0.5) is 0 Å². The summed E-state index contributed by atoms with van der Waals surface area (Å²) in [4.78, 5) is 35.2. The van der Waals surface area contributed by atoms with E-state index in [4.69, 9.17) is 18.5 Å². The molecule has 0 aromatic carbocycles. The van der Waals surface area contributed by atoms with Gasteiger partial charge in [-0.05, 0) is 32.1 Å². The molecule has 1 rings (SSSR count). The number of aliphatic hydroxyl groups excluding tert-OH is 5. The number of aliphatic hydroxyl groups is 5. The van der Waals surface area contributed by atoms with Gasteiger partial charge in [0.25, 0.3) is 0 Å². The Bertz CT molecular complexity index is 990. The zero-order valence-corrected chi connectivity index (χ0v) is 31.1. The maximum absolute atomic E-state index is 12.7. The van der Waals surface area contributed by atoms with Crippen LogP contribution in [0, 0.1) is 0 Å². The van der Waals surface area contributed by atoms with E-state index in [-0.39, 0.29) is 12.8 Å². The Kier molecular flexibility index (Phi) is 25.9. The van der Waals surface area contributed by atoms with E-state index in [1.807, 2.05) is 12.2 Å². The van der Waals surface area contributed by atoms with Crippen LogP contribution in [0.25, 0.3) is 0 Å². The largest absolute Gasteiger partial charge is 0.472 e. The normalized spacial score (nSPS) is 24.4. The summed E-state index contributed by atoms with van der Waals surface area (Å²) in [6.45, 7) is 3.15. The first-order chi connectivity index (χ1) is 23.9. The van der Waals surface area contributed by atoms with Gasteiger partial charge in [0.2, 0.25) is 0 Å². The first-order valence-electron chi connectivity index (χ1n) is 18.6. The molecule has 50 heavy (non-hydrogen) atoms. The topological polar surface area (TPSA) is 210 Å². The van der Waals surface area contributed by atoms with E-state index < -0.39 is 75.7 Å². The summed E-state index contributed by atoms with van der Waals surface area (Å²) < 4.78 is 33.1. The number of ether oxygens (including phenoxy) is 2. The maximum atomic E-state index is 12.7. The van der Waals surface area contributed by atoms with Crippen molar-refractivity contribution >= 4 is 19.8 Å². The van der Waals surface area contributed by atoms with E-state index in [9.17, 15) is 44.6 Å². The first-order valence-corrected chi connectivity index (χ1v) is 20.1. The number of carbonyl (C=O) groups is 2. The van der Waals surface area contributed by atoms with E-state index >= 15 is 0 Å². The van der Waals surface area contributed by atoms with Gasteiger partial charge in [-0.25, -0.2) is 4.57 Å². The van der Waals surface area contributed by atoms with Crippen LogP contribution in [0.15, 0.2) is 24.3 Å². The van der Waals surface area contributed by atoms with Crippen LogP contribution in [0.1, 0.15) is 136 Å². The second-order valence-corrected chi connectivity index (χ2v) is 14.5. The fraction of sp³-hybridized carbons (Fsp3) is 0.833. The average molecular weight is 737 g/mol. The Hall–Kier alpha value is -1.67. The van der Waals surface area contributed by atoms with Crippen LogP contribution in [-0.4, -0.2) is 98.3 Å². The molecule has 0 aromatic heterocycles. The quantitative estimate of drug-likeness (QED) is 0.0249. The molecule has 14 heteroatoms. The summed E-state index contributed by atoms with van der Waals surface area (Å²) in [5, 5.41) is 49.8. The van der Waals surface area contributed by atoms with Gasteiger partial charge in [-0.3, -0.25) is 18.6 Å². The minimum Gasteiger partial charge on any atom is -0.462 e. The minimum atomic E-state index is -5.11. The molecule has 1 aliphatic rings. The molecule has 1 saturated carbocycles. The zero-order valence-electron chi connectivity index (χ0n) is 30.2. The highest BCUT2D eigenvalue weighted by Crippen LogP contribution is 2.47. The number of unbranched alkanes of at least 4 members (excludes halogenated alkanes) is 13. The molecule has 0 spiro atoms. The van der Waals surface area contributed by atoms with Gasteiger partial charge in [0.1, 0.15) is 43.2 Å². The van der Waals surface area contributed by atoms with Crippen molar-refractivity contribution in [3.05, 3.63) is 24.3 Å². The van der Waals surface area contributed by atoms with Crippen LogP contribution in [0.3, 0.4) is 0 Å². The molecule has 0 bridgehead atoms. The lowest BCUT2D eigenvalue weighted by molar-refractivity contribution is -0.220. The van der Waals surface area contributed by atoms with Crippen LogP contribution < -0.4 is 0 Å². The molecule has 6 N–H and O–H groups in total. The molecule has 13 nitrogen and oxygen atoms in total.